The van der Waals surface area contributed by atoms with Crippen molar-refractivity contribution in [1.29, 1.82) is 0 Å². The molecule has 1 amide bonds. The average molecular weight is 333 g/mol. The molecule has 0 aliphatic rings. The molecular formula is C17H23N3O4. The monoisotopic (exact) mass is 333 g/mol. The average Bonchev–Trinajstić information content (AvgIpc) is 2.99. The normalized spacial score (nSPS) is 11.2. The lowest BCUT2D eigenvalue weighted by atomic mass is 9.92. The topological polar surface area (TPSA) is 86.5 Å². The third-order valence-corrected chi connectivity index (χ3v) is 3.21. The minimum absolute atomic E-state index is 0.0506. The van der Waals surface area contributed by atoms with E-state index in [9.17, 15) is 4.79 Å². The predicted octanol–water partition coefficient (Wildman–Crippen LogP) is 2.81. The highest BCUT2D eigenvalue weighted by atomic mass is 16.5. The van der Waals surface area contributed by atoms with E-state index >= 15 is 0 Å². The third kappa shape index (κ3) is 4.97. The third-order valence-electron chi connectivity index (χ3n) is 3.21. The van der Waals surface area contributed by atoms with E-state index in [-0.39, 0.29) is 17.9 Å². The molecule has 1 aromatic carbocycles. The molecule has 0 radical (unpaired) electrons. The Balaban J connectivity index is 2.07. The molecule has 130 valence electrons. The maximum atomic E-state index is 11.8. The minimum Gasteiger partial charge on any atom is -0.497 e. The number of hydrogen-bond acceptors (Lipinski definition) is 6. The molecule has 1 heterocycles. The molecule has 7 heteroatoms. The molecule has 0 aliphatic carbocycles. The number of amides is 1. The van der Waals surface area contributed by atoms with E-state index in [1.807, 2.05) is 20.8 Å². The van der Waals surface area contributed by atoms with Crippen molar-refractivity contribution >= 4 is 5.91 Å². The van der Waals surface area contributed by atoms with Gasteiger partial charge in [0.2, 0.25) is 17.6 Å². The number of rotatable bonds is 6. The maximum absolute atomic E-state index is 11.8. The Morgan fingerprint density at radius 1 is 1.17 bits per heavy atom. The molecule has 2 aromatic rings. The van der Waals surface area contributed by atoms with Crippen LogP contribution in [0, 0.1) is 5.41 Å². The molecular weight excluding hydrogens is 310 g/mol. The van der Waals surface area contributed by atoms with Crippen LogP contribution in [0.1, 0.15) is 33.1 Å². The lowest BCUT2D eigenvalue weighted by Gasteiger charge is -2.16. The zero-order chi connectivity index (χ0) is 17.7. The SMILES string of the molecule is COc1cc(OC)cc(-c2noc(CNC(=O)CC(C)(C)C)n2)c1. The van der Waals surface area contributed by atoms with Crippen LogP contribution in [0.2, 0.25) is 0 Å². The van der Waals surface area contributed by atoms with Crippen molar-refractivity contribution in [3.05, 3.63) is 24.1 Å². The van der Waals surface area contributed by atoms with Crippen molar-refractivity contribution in [2.75, 3.05) is 14.2 Å². The molecule has 0 spiro atoms. The summed E-state index contributed by atoms with van der Waals surface area (Å²) in [6, 6.07) is 5.34. The maximum Gasteiger partial charge on any atom is 0.246 e. The van der Waals surface area contributed by atoms with Gasteiger partial charge >= 0.3 is 0 Å². The van der Waals surface area contributed by atoms with Gasteiger partial charge in [0, 0.05) is 18.1 Å². The first kappa shape index (κ1) is 17.8. The second kappa shape index (κ2) is 7.33. The van der Waals surface area contributed by atoms with Crippen molar-refractivity contribution < 1.29 is 18.8 Å². The summed E-state index contributed by atoms with van der Waals surface area (Å²) in [6.07, 6.45) is 0.432. The van der Waals surface area contributed by atoms with E-state index in [2.05, 4.69) is 15.5 Å². The largest absolute Gasteiger partial charge is 0.497 e. The molecule has 2 rings (SSSR count). The number of nitrogens with one attached hydrogen (secondary N) is 1. The van der Waals surface area contributed by atoms with Crippen LogP contribution < -0.4 is 14.8 Å². The fraction of sp³-hybridized carbons (Fsp3) is 0.471. The number of hydrogen-bond donors (Lipinski definition) is 1. The van der Waals surface area contributed by atoms with Gasteiger partial charge in [-0.05, 0) is 17.5 Å². The van der Waals surface area contributed by atoms with Gasteiger partial charge in [0.15, 0.2) is 0 Å². The second-order valence-corrected chi connectivity index (χ2v) is 6.63. The molecule has 1 aromatic heterocycles. The van der Waals surface area contributed by atoms with E-state index < -0.39 is 0 Å². The van der Waals surface area contributed by atoms with E-state index in [1.54, 1.807) is 32.4 Å². The summed E-state index contributed by atoms with van der Waals surface area (Å²) in [5.41, 5.74) is 0.642. The molecule has 0 fully saturated rings. The van der Waals surface area contributed by atoms with Gasteiger partial charge < -0.3 is 19.3 Å². The van der Waals surface area contributed by atoms with Gasteiger partial charge in [0.05, 0.1) is 20.8 Å². The minimum atomic E-state index is -0.0682. The molecule has 24 heavy (non-hydrogen) atoms. The van der Waals surface area contributed by atoms with E-state index in [0.717, 1.165) is 0 Å². The van der Waals surface area contributed by atoms with Gasteiger partial charge in [-0.2, -0.15) is 4.98 Å². The van der Waals surface area contributed by atoms with Crippen molar-refractivity contribution in [2.24, 2.45) is 5.41 Å². The Labute approximate surface area is 141 Å². The Hall–Kier alpha value is -2.57. The van der Waals surface area contributed by atoms with Crippen LogP contribution in [-0.2, 0) is 11.3 Å². The van der Waals surface area contributed by atoms with Crippen molar-refractivity contribution in [3.8, 4) is 22.9 Å². The highest BCUT2D eigenvalue weighted by Crippen LogP contribution is 2.28. The highest BCUT2D eigenvalue weighted by Gasteiger charge is 2.17. The zero-order valence-electron chi connectivity index (χ0n) is 14.7. The summed E-state index contributed by atoms with van der Waals surface area (Å²) in [4.78, 5) is 16.1. The highest BCUT2D eigenvalue weighted by molar-refractivity contribution is 5.76. The van der Waals surface area contributed by atoms with Gasteiger partial charge in [-0.1, -0.05) is 25.9 Å². The number of ether oxygens (including phenoxy) is 2. The second-order valence-electron chi connectivity index (χ2n) is 6.63. The van der Waals surface area contributed by atoms with Gasteiger partial charge in [-0.25, -0.2) is 0 Å². The standard InChI is InChI=1S/C17H23N3O4/c1-17(2,3)9-14(21)18-10-15-19-16(20-24-15)11-6-12(22-4)8-13(7-11)23-5/h6-8H,9-10H2,1-5H3,(H,18,21). The molecule has 0 saturated carbocycles. The number of nitrogens with zero attached hydrogens (tertiary/aromatic N) is 2. The van der Waals surface area contributed by atoms with E-state index in [4.69, 9.17) is 14.0 Å². The fourth-order valence-corrected chi connectivity index (χ4v) is 2.10. The van der Waals surface area contributed by atoms with Crippen LogP contribution in [0.4, 0.5) is 0 Å². The fourth-order valence-electron chi connectivity index (χ4n) is 2.10. The molecule has 0 saturated heterocycles. The van der Waals surface area contributed by atoms with Gasteiger partial charge in [-0.3, -0.25) is 4.79 Å². The molecule has 7 nitrogen and oxygen atoms in total. The molecule has 0 aliphatic heterocycles. The summed E-state index contributed by atoms with van der Waals surface area (Å²) in [7, 11) is 3.15. The number of benzene rings is 1. The molecule has 0 bridgehead atoms. The zero-order valence-corrected chi connectivity index (χ0v) is 14.7. The molecule has 0 atom stereocenters. The Kier molecular flexibility index (Phi) is 5.43. The van der Waals surface area contributed by atoms with Crippen LogP contribution in [0.5, 0.6) is 11.5 Å². The van der Waals surface area contributed by atoms with E-state index in [0.29, 0.717) is 35.2 Å². The smallest absolute Gasteiger partial charge is 0.246 e. The van der Waals surface area contributed by atoms with Crippen LogP contribution in [-0.4, -0.2) is 30.3 Å². The van der Waals surface area contributed by atoms with Crippen LogP contribution in [0.25, 0.3) is 11.4 Å². The summed E-state index contributed by atoms with van der Waals surface area (Å²) in [5, 5.41) is 6.72. The van der Waals surface area contributed by atoms with Crippen molar-refractivity contribution in [3.63, 3.8) is 0 Å². The Morgan fingerprint density at radius 3 is 2.33 bits per heavy atom. The number of carbonyl (C=O) groups excluding carboxylic acids is 1. The van der Waals surface area contributed by atoms with E-state index in [1.165, 1.54) is 0 Å². The Bertz CT molecular complexity index is 682. The Morgan fingerprint density at radius 2 is 1.79 bits per heavy atom. The van der Waals surface area contributed by atoms with Gasteiger partial charge in [0.1, 0.15) is 11.5 Å². The van der Waals surface area contributed by atoms with Crippen LogP contribution in [0.3, 0.4) is 0 Å². The van der Waals surface area contributed by atoms with Gasteiger partial charge in [-0.15, -0.1) is 0 Å². The number of carbonyl (C=O) groups is 1. The van der Waals surface area contributed by atoms with Gasteiger partial charge in [0.25, 0.3) is 0 Å². The summed E-state index contributed by atoms with van der Waals surface area (Å²) >= 11 is 0. The summed E-state index contributed by atoms with van der Waals surface area (Å²) in [5.74, 6) is 1.97. The summed E-state index contributed by atoms with van der Waals surface area (Å²) in [6.45, 7) is 6.22. The first-order chi connectivity index (χ1) is 11.3. The molecule has 0 unspecified atom stereocenters. The summed E-state index contributed by atoms with van der Waals surface area (Å²) < 4.78 is 15.6. The first-order valence-electron chi connectivity index (χ1n) is 7.63. The van der Waals surface area contributed by atoms with Crippen LogP contribution in [0.15, 0.2) is 22.7 Å². The van der Waals surface area contributed by atoms with Crippen LogP contribution >= 0.6 is 0 Å². The molecule has 1 N–H and O–H groups in total. The van der Waals surface area contributed by atoms with Crippen molar-refractivity contribution in [2.45, 2.75) is 33.7 Å². The first-order valence-corrected chi connectivity index (χ1v) is 7.63. The quantitative estimate of drug-likeness (QED) is 0.875. The lowest BCUT2D eigenvalue weighted by molar-refractivity contribution is -0.123. The predicted molar refractivity (Wildman–Crippen MR) is 88.8 cm³/mol. The number of methoxy groups -OCH3 is 2. The lowest BCUT2D eigenvalue weighted by Crippen LogP contribution is -2.27. The number of aromatic nitrogens is 2. The van der Waals surface area contributed by atoms with Crippen molar-refractivity contribution in [1.82, 2.24) is 15.5 Å².